The van der Waals surface area contributed by atoms with Crippen LogP contribution in [0.25, 0.3) is 11.3 Å². The van der Waals surface area contributed by atoms with E-state index in [0.717, 1.165) is 15.8 Å². The van der Waals surface area contributed by atoms with E-state index in [4.69, 9.17) is 23.2 Å². The third kappa shape index (κ3) is 4.01. The molecule has 2 nitrogen and oxygen atoms in total. The van der Waals surface area contributed by atoms with Crippen LogP contribution in [-0.4, -0.2) is 29.4 Å². The Balaban J connectivity index is 2.66. The Labute approximate surface area is 149 Å². The summed E-state index contributed by atoms with van der Waals surface area (Å²) in [6, 6.07) is 3.51. The highest BCUT2D eigenvalue weighted by Gasteiger charge is 2.39. The van der Waals surface area contributed by atoms with Crippen molar-refractivity contribution in [1.82, 2.24) is 9.78 Å². The molecule has 0 bridgehead atoms. The van der Waals surface area contributed by atoms with Gasteiger partial charge in [0.25, 0.3) is 0 Å². The van der Waals surface area contributed by atoms with Gasteiger partial charge >= 0.3 is 6.18 Å². The van der Waals surface area contributed by atoms with Gasteiger partial charge in [-0.15, -0.1) is 13.2 Å². The highest BCUT2D eigenvalue weighted by Crippen LogP contribution is 2.44. The van der Waals surface area contributed by atoms with Gasteiger partial charge < -0.3 is 0 Å². The lowest BCUT2D eigenvalue weighted by Gasteiger charge is -2.16. The quantitative estimate of drug-likeness (QED) is 0.587. The zero-order chi connectivity index (χ0) is 18.4. The molecule has 1 aromatic carbocycles. The summed E-state index contributed by atoms with van der Waals surface area (Å²) in [4.78, 5) is 0. The maximum Gasteiger partial charge on any atom is 0.434 e. The van der Waals surface area contributed by atoms with Crippen LogP contribution in [0.3, 0.4) is 0 Å². The molecule has 24 heavy (non-hydrogen) atoms. The van der Waals surface area contributed by atoms with E-state index in [1.165, 1.54) is 7.05 Å². The van der Waals surface area contributed by atoms with Crippen LogP contribution in [0, 0.1) is 6.92 Å². The lowest BCUT2D eigenvalue weighted by molar-refractivity contribution is -0.143. The van der Waals surface area contributed by atoms with Gasteiger partial charge in [-0.1, -0.05) is 23.2 Å². The summed E-state index contributed by atoms with van der Waals surface area (Å²) in [6.07, 6.45) is 0.279. The Morgan fingerprint density at radius 3 is 2.29 bits per heavy atom. The van der Waals surface area contributed by atoms with Crippen molar-refractivity contribution >= 4 is 36.4 Å². The maximum atomic E-state index is 13.1. The molecular weight excluding hydrogens is 379 g/mol. The van der Waals surface area contributed by atoms with Crippen molar-refractivity contribution in [2.24, 2.45) is 7.05 Å². The minimum absolute atomic E-state index is 0.113. The number of aryl methyl sites for hydroxylation is 2. The van der Waals surface area contributed by atoms with E-state index >= 15 is 0 Å². The van der Waals surface area contributed by atoms with Gasteiger partial charge in [0.2, 0.25) is 0 Å². The number of rotatable bonds is 3. The first-order chi connectivity index (χ1) is 10.8. The summed E-state index contributed by atoms with van der Waals surface area (Å²) in [5, 5.41) is 4.17. The first-order valence-electron chi connectivity index (χ1n) is 7.07. The number of nitrogens with zero attached hydrogens (tertiary/aromatic N) is 2. The zero-order valence-electron chi connectivity index (χ0n) is 13.8. The van der Waals surface area contributed by atoms with Gasteiger partial charge in [0, 0.05) is 17.6 Å². The molecule has 0 atom stereocenters. The first kappa shape index (κ1) is 19.4. The summed E-state index contributed by atoms with van der Waals surface area (Å²) in [5.41, 5.74) is 1.28. The van der Waals surface area contributed by atoms with Crippen molar-refractivity contribution in [2.45, 2.75) is 19.3 Å². The molecular formula is C16H18Cl2F3N2P. The third-order valence-electron chi connectivity index (χ3n) is 3.50. The lowest BCUT2D eigenvalue weighted by Crippen LogP contribution is -2.12. The summed E-state index contributed by atoms with van der Waals surface area (Å²) < 4.78 is 40.2. The molecule has 0 saturated carbocycles. The molecule has 0 radical (unpaired) electrons. The largest absolute Gasteiger partial charge is 0.434 e. The molecule has 1 heterocycles. The van der Waals surface area contributed by atoms with E-state index in [2.05, 4.69) is 24.7 Å². The van der Waals surface area contributed by atoms with Crippen LogP contribution in [0.5, 0.6) is 0 Å². The van der Waals surface area contributed by atoms with Gasteiger partial charge in [-0.05, 0) is 49.7 Å². The van der Waals surface area contributed by atoms with Crippen LogP contribution in [0.15, 0.2) is 12.1 Å². The highest BCUT2D eigenvalue weighted by molar-refractivity contribution is 7.71. The van der Waals surface area contributed by atoms with Crippen LogP contribution in [0.4, 0.5) is 13.2 Å². The smallest absolute Gasteiger partial charge is 0.262 e. The van der Waals surface area contributed by atoms with Gasteiger partial charge in [0.05, 0.1) is 5.02 Å². The molecule has 0 aliphatic carbocycles. The second kappa shape index (κ2) is 6.44. The van der Waals surface area contributed by atoms with Gasteiger partial charge in [-0.2, -0.15) is 18.3 Å². The van der Waals surface area contributed by atoms with Crippen LogP contribution in [0.2, 0.25) is 10.0 Å². The number of hydrogen-bond acceptors (Lipinski definition) is 1. The molecule has 0 spiro atoms. The van der Waals surface area contributed by atoms with Crippen LogP contribution in [-0.2, 0) is 19.4 Å². The minimum Gasteiger partial charge on any atom is -0.262 e. The molecule has 0 amide bonds. The monoisotopic (exact) mass is 396 g/mol. The molecule has 2 rings (SSSR count). The van der Waals surface area contributed by atoms with Crippen molar-refractivity contribution in [2.75, 3.05) is 13.3 Å². The SMILES string of the molecule is C=P(C)(C)Cc1cc(-c2nn(C)c(C(F)(F)F)c2Cl)c(C)cc1Cl. The number of hydrogen-bond donors (Lipinski definition) is 0. The molecule has 8 heteroatoms. The highest BCUT2D eigenvalue weighted by atomic mass is 35.5. The Morgan fingerprint density at radius 2 is 1.83 bits per heavy atom. The fourth-order valence-electron chi connectivity index (χ4n) is 2.53. The summed E-state index contributed by atoms with van der Waals surface area (Å²) in [6.45, 7) is 4.50. The average molecular weight is 397 g/mol. The van der Waals surface area contributed by atoms with Gasteiger partial charge in [0.1, 0.15) is 5.69 Å². The fraction of sp³-hybridized carbons (Fsp3) is 0.375. The minimum atomic E-state index is -4.57. The van der Waals surface area contributed by atoms with Crippen molar-refractivity contribution in [1.29, 1.82) is 0 Å². The molecule has 1 aromatic heterocycles. The van der Waals surface area contributed by atoms with Crippen molar-refractivity contribution in [3.63, 3.8) is 0 Å². The molecule has 132 valence electrons. The second-order valence-electron chi connectivity index (χ2n) is 6.48. The number of alkyl halides is 3. The van der Waals surface area contributed by atoms with Crippen molar-refractivity contribution in [3.8, 4) is 11.3 Å². The Hall–Kier alpha value is -0.900. The molecule has 0 unspecified atom stereocenters. The van der Waals surface area contributed by atoms with Gasteiger partial charge in [-0.25, -0.2) is 0 Å². The summed E-state index contributed by atoms with van der Waals surface area (Å²) >= 11 is 12.3. The molecule has 0 fully saturated rings. The Bertz CT molecular complexity index is 835. The van der Waals surface area contributed by atoms with E-state index in [-0.39, 0.29) is 5.69 Å². The second-order valence-corrected chi connectivity index (χ2v) is 11.5. The third-order valence-corrected chi connectivity index (χ3v) is 5.41. The van der Waals surface area contributed by atoms with E-state index in [1.54, 1.807) is 19.1 Å². The van der Waals surface area contributed by atoms with Crippen LogP contribution in [0.1, 0.15) is 16.8 Å². The lowest BCUT2D eigenvalue weighted by atomic mass is 10.0. The summed E-state index contributed by atoms with van der Waals surface area (Å²) in [5.74, 6) is 0. The fourth-order valence-corrected chi connectivity index (χ4v) is 4.46. The average Bonchev–Trinajstić information content (AvgIpc) is 2.66. The van der Waals surface area contributed by atoms with Crippen molar-refractivity contribution in [3.05, 3.63) is 39.0 Å². The van der Waals surface area contributed by atoms with Crippen LogP contribution < -0.4 is 0 Å². The van der Waals surface area contributed by atoms with E-state index in [1.807, 2.05) is 0 Å². The molecule has 0 aliphatic heterocycles. The van der Waals surface area contributed by atoms with E-state index in [0.29, 0.717) is 16.7 Å². The number of halogens is 5. The van der Waals surface area contributed by atoms with E-state index < -0.39 is 23.8 Å². The number of aromatic nitrogens is 2. The predicted octanol–water partition coefficient (Wildman–Crippen LogP) is 5.93. The standard InChI is InChI=1S/C16H18Cl2F3N2P/c1-9-6-12(17)10(8-24(3,4)5)7-11(9)14-13(18)15(16(19,20)21)23(2)22-14/h6-7H,3,8H2,1-2,4-5H3. The maximum absolute atomic E-state index is 13.1. The van der Waals surface area contributed by atoms with Gasteiger partial charge in [-0.3, -0.25) is 4.68 Å². The van der Waals surface area contributed by atoms with Gasteiger partial charge in [0.15, 0.2) is 5.69 Å². The Morgan fingerprint density at radius 1 is 1.25 bits per heavy atom. The number of benzene rings is 1. The summed E-state index contributed by atoms with van der Waals surface area (Å²) in [7, 11) is 1.23. The Kier molecular flexibility index (Phi) is 5.21. The van der Waals surface area contributed by atoms with E-state index in [9.17, 15) is 13.2 Å². The predicted molar refractivity (Wildman–Crippen MR) is 98.0 cm³/mol. The zero-order valence-corrected chi connectivity index (χ0v) is 16.2. The molecule has 0 N–H and O–H groups in total. The molecule has 0 aliphatic rings. The normalized spacial score (nSPS) is 12.7. The topological polar surface area (TPSA) is 17.8 Å². The van der Waals surface area contributed by atoms with Crippen LogP contribution >= 0.6 is 30.1 Å². The first-order valence-corrected chi connectivity index (χ1v) is 10.9. The van der Waals surface area contributed by atoms with Crippen molar-refractivity contribution < 1.29 is 13.2 Å². The molecule has 2 aromatic rings. The molecule has 0 saturated heterocycles.